The summed E-state index contributed by atoms with van der Waals surface area (Å²) in [4.78, 5) is 8.34. The molecule has 0 atom stereocenters. The molecule has 0 unspecified atom stereocenters. The fourth-order valence-corrected chi connectivity index (χ4v) is 1.23. The van der Waals surface area contributed by atoms with Crippen LogP contribution >= 0.6 is 0 Å². The van der Waals surface area contributed by atoms with E-state index < -0.39 is 0 Å². The summed E-state index contributed by atoms with van der Waals surface area (Å²) in [5, 5.41) is 3.70. The van der Waals surface area contributed by atoms with Crippen LogP contribution in [0.4, 0.5) is 0 Å². The number of rotatable bonds is 4. The number of aryl methyl sites for hydroxylation is 1. The summed E-state index contributed by atoms with van der Waals surface area (Å²) >= 11 is 0. The van der Waals surface area contributed by atoms with Gasteiger partial charge in [0.25, 0.3) is 0 Å². The van der Waals surface area contributed by atoms with Crippen LogP contribution in [0.15, 0.2) is 9.52 Å². The van der Waals surface area contributed by atoms with Crippen molar-refractivity contribution in [3.8, 4) is 0 Å². The van der Waals surface area contributed by atoms with Gasteiger partial charge in [-0.2, -0.15) is 4.98 Å². The number of nitrogens with zero attached hydrogens (tertiary/aromatic N) is 3. The summed E-state index contributed by atoms with van der Waals surface area (Å²) in [7, 11) is 0. The number of aromatic nitrogens is 2. The molecule has 5 heteroatoms. The van der Waals surface area contributed by atoms with E-state index >= 15 is 0 Å². The summed E-state index contributed by atoms with van der Waals surface area (Å²) in [5.41, 5.74) is 5.73. The van der Waals surface area contributed by atoms with E-state index in [2.05, 4.69) is 15.1 Å². The van der Waals surface area contributed by atoms with Crippen molar-refractivity contribution in [1.29, 1.82) is 0 Å². The average Bonchev–Trinajstić information content (AvgIpc) is 2.92. The second-order valence-corrected chi connectivity index (χ2v) is 3.57. The van der Waals surface area contributed by atoms with Gasteiger partial charge in [-0.05, 0) is 19.8 Å². The molecule has 1 heterocycles. The van der Waals surface area contributed by atoms with Crippen LogP contribution in [-0.4, -0.2) is 22.5 Å². The monoisotopic (exact) mass is 194 g/mol. The van der Waals surface area contributed by atoms with E-state index in [-0.39, 0.29) is 0 Å². The first-order valence-corrected chi connectivity index (χ1v) is 4.84. The molecule has 0 bridgehead atoms. The van der Waals surface area contributed by atoms with E-state index in [9.17, 15) is 0 Å². The molecule has 2 rings (SSSR count). The predicted molar refractivity (Wildman–Crippen MR) is 52.0 cm³/mol. The van der Waals surface area contributed by atoms with E-state index in [0.29, 0.717) is 30.6 Å². The molecule has 2 N–H and O–H groups in total. The van der Waals surface area contributed by atoms with E-state index in [4.69, 9.17) is 10.3 Å². The van der Waals surface area contributed by atoms with Crippen LogP contribution in [0.25, 0.3) is 0 Å². The maximum atomic E-state index is 5.73. The van der Waals surface area contributed by atoms with Gasteiger partial charge in [0, 0.05) is 18.9 Å². The van der Waals surface area contributed by atoms with Gasteiger partial charge < -0.3 is 10.3 Å². The van der Waals surface area contributed by atoms with Gasteiger partial charge in [0.1, 0.15) is 0 Å². The van der Waals surface area contributed by atoms with Crippen molar-refractivity contribution in [2.45, 2.75) is 26.2 Å². The Labute approximate surface area is 82.4 Å². The van der Waals surface area contributed by atoms with Crippen LogP contribution in [-0.2, 0) is 6.42 Å². The van der Waals surface area contributed by atoms with Crippen molar-refractivity contribution in [1.82, 2.24) is 10.1 Å². The minimum atomic E-state index is 0.541. The van der Waals surface area contributed by atoms with Crippen LogP contribution in [0.5, 0.6) is 0 Å². The second kappa shape index (κ2) is 3.77. The molecule has 0 aliphatic heterocycles. The highest BCUT2D eigenvalue weighted by Crippen LogP contribution is 2.28. The van der Waals surface area contributed by atoms with Gasteiger partial charge >= 0.3 is 0 Å². The lowest BCUT2D eigenvalue weighted by Crippen LogP contribution is -2.14. The van der Waals surface area contributed by atoms with Gasteiger partial charge in [-0.3, -0.25) is 4.99 Å². The molecule has 0 spiro atoms. The van der Waals surface area contributed by atoms with Crippen molar-refractivity contribution >= 4 is 5.84 Å². The van der Waals surface area contributed by atoms with Crippen LogP contribution in [0.3, 0.4) is 0 Å². The molecular weight excluding hydrogens is 180 g/mol. The maximum Gasteiger partial charge on any atom is 0.228 e. The number of hydrogen-bond donors (Lipinski definition) is 1. The minimum Gasteiger partial charge on any atom is -0.387 e. The zero-order valence-electron chi connectivity index (χ0n) is 8.23. The number of hydrogen-bond acceptors (Lipinski definition) is 4. The molecule has 0 radical (unpaired) electrons. The Morgan fingerprint density at radius 1 is 1.64 bits per heavy atom. The Kier molecular flexibility index (Phi) is 2.47. The Morgan fingerprint density at radius 2 is 2.43 bits per heavy atom. The number of amidine groups is 1. The zero-order valence-corrected chi connectivity index (χ0v) is 8.23. The second-order valence-electron chi connectivity index (χ2n) is 3.57. The van der Waals surface area contributed by atoms with Gasteiger partial charge in [-0.25, -0.2) is 0 Å². The maximum absolute atomic E-state index is 5.73. The van der Waals surface area contributed by atoms with E-state index in [0.717, 1.165) is 5.84 Å². The summed E-state index contributed by atoms with van der Waals surface area (Å²) in [6.45, 7) is 2.44. The molecule has 1 fully saturated rings. The first kappa shape index (κ1) is 9.18. The van der Waals surface area contributed by atoms with Crippen LogP contribution < -0.4 is 5.73 Å². The highest BCUT2D eigenvalue weighted by molar-refractivity contribution is 5.84. The van der Waals surface area contributed by atoms with Crippen molar-refractivity contribution in [3.05, 3.63) is 11.7 Å². The molecule has 1 aromatic heterocycles. The summed E-state index contributed by atoms with van der Waals surface area (Å²) in [6, 6.07) is 0. The lowest BCUT2D eigenvalue weighted by Gasteiger charge is -1.95. The van der Waals surface area contributed by atoms with Gasteiger partial charge in [-0.1, -0.05) is 5.16 Å². The lowest BCUT2D eigenvalue weighted by molar-refractivity contribution is 0.376. The van der Waals surface area contributed by atoms with E-state index in [1.54, 1.807) is 6.92 Å². The quantitative estimate of drug-likeness (QED) is 0.565. The summed E-state index contributed by atoms with van der Waals surface area (Å²) in [6.07, 6.45) is 3.05. The Morgan fingerprint density at radius 3 is 3.00 bits per heavy atom. The smallest absolute Gasteiger partial charge is 0.228 e. The molecule has 1 aliphatic rings. The van der Waals surface area contributed by atoms with E-state index in [1.807, 2.05) is 0 Å². The van der Waals surface area contributed by atoms with Crippen LogP contribution in [0.1, 0.15) is 24.6 Å². The third kappa shape index (κ3) is 2.31. The molecular formula is C9H14N4O. The molecule has 0 amide bonds. The molecule has 1 saturated carbocycles. The van der Waals surface area contributed by atoms with E-state index in [1.165, 1.54) is 12.8 Å². The van der Waals surface area contributed by atoms with Crippen molar-refractivity contribution < 1.29 is 4.52 Å². The van der Waals surface area contributed by atoms with Gasteiger partial charge in [0.15, 0.2) is 5.82 Å². The first-order chi connectivity index (χ1) is 6.75. The highest BCUT2D eigenvalue weighted by atomic mass is 16.5. The van der Waals surface area contributed by atoms with Crippen LogP contribution in [0, 0.1) is 12.8 Å². The van der Waals surface area contributed by atoms with Gasteiger partial charge in [-0.15, -0.1) is 0 Å². The third-order valence-electron chi connectivity index (χ3n) is 2.19. The summed E-state index contributed by atoms with van der Waals surface area (Å²) < 4.78 is 4.95. The number of nitrogens with two attached hydrogens (primary N) is 1. The predicted octanol–water partition coefficient (Wildman–Crippen LogP) is 0.688. The largest absolute Gasteiger partial charge is 0.387 e. The van der Waals surface area contributed by atoms with Crippen molar-refractivity contribution in [3.63, 3.8) is 0 Å². The summed E-state index contributed by atoms with van der Waals surface area (Å²) in [5.74, 6) is 2.62. The van der Waals surface area contributed by atoms with Crippen molar-refractivity contribution in [2.24, 2.45) is 16.6 Å². The highest BCUT2D eigenvalue weighted by Gasteiger charge is 2.25. The van der Waals surface area contributed by atoms with Gasteiger partial charge in [0.05, 0.1) is 5.84 Å². The van der Waals surface area contributed by atoms with Crippen LogP contribution in [0.2, 0.25) is 0 Å². The Balaban J connectivity index is 1.79. The third-order valence-corrected chi connectivity index (χ3v) is 2.19. The molecule has 1 aliphatic carbocycles. The molecule has 1 aromatic rings. The molecule has 14 heavy (non-hydrogen) atoms. The number of aliphatic imine (C=N–C) groups is 1. The lowest BCUT2D eigenvalue weighted by atomic mass is 10.4. The SMILES string of the molecule is Cc1noc(CCN=C(N)C2CC2)n1. The zero-order chi connectivity index (χ0) is 9.97. The first-order valence-electron chi connectivity index (χ1n) is 4.84. The minimum absolute atomic E-state index is 0.541. The van der Waals surface area contributed by atoms with Crippen molar-refractivity contribution in [2.75, 3.05) is 6.54 Å². The average molecular weight is 194 g/mol. The Hall–Kier alpha value is -1.39. The molecule has 0 saturated heterocycles. The topological polar surface area (TPSA) is 77.3 Å². The Bertz CT molecular complexity index is 340. The normalized spacial score (nSPS) is 17.4. The molecule has 5 nitrogen and oxygen atoms in total. The molecule has 76 valence electrons. The molecule has 0 aromatic carbocycles. The van der Waals surface area contributed by atoms with Gasteiger partial charge in [0.2, 0.25) is 5.89 Å². The fraction of sp³-hybridized carbons (Fsp3) is 0.667. The standard InChI is InChI=1S/C9H14N4O/c1-6-12-8(14-13-6)4-5-11-9(10)7-2-3-7/h7H,2-5H2,1H3,(H2,10,11). The fourth-order valence-electron chi connectivity index (χ4n) is 1.23.